The highest BCUT2D eigenvalue weighted by molar-refractivity contribution is 7.99. The molecule has 0 aliphatic rings. The summed E-state index contributed by atoms with van der Waals surface area (Å²) in [6, 6.07) is 9.85. The molecule has 1 heterocycles. The Morgan fingerprint density at radius 1 is 1.29 bits per heavy atom. The molecule has 2 aromatic rings. The first-order valence-corrected chi connectivity index (χ1v) is 6.53. The van der Waals surface area contributed by atoms with E-state index in [0.717, 1.165) is 35.5 Å². The molecule has 90 valence electrons. The van der Waals surface area contributed by atoms with Crippen LogP contribution in [0.15, 0.2) is 35.5 Å². The minimum atomic E-state index is 0.723. The van der Waals surface area contributed by atoms with Crippen molar-refractivity contribution in [2.24, 2.45) is 0 Å². The average Bonchev–Trinajstić information content (AvgIpc) is 2.76. The van der Waals surface area contributed by atoms with E-state index in [1.807, 2.05) is 37.3 Å². The van der Waals surface area contributed by atoms with Gasteiger partial charge in [0.2, 0.25) is 5.16 Å². The zero-order valence-corrected chi connectivity index (χ0v) is 10.5. The Kier molecular flexibility index (Phi) is 4.44. The van der Waals surface area contributed by atoms with Gasteiger partial charge >= 0.3 is 0 Å². The molecule has 0 saturated heterocycles. The summed E-state index contributed by atoms with van der Waals surface area (Å²) in [6.07, 6.45) is 0.979. The number of thioether (sulfide) groups is 1. The first-order valence-electron chi connectivity index (χ1n) is 5.54. The summed E-state index contributed by atoms with van der Waals surface area (Å²) in [5.41, 5.74) is 0. The topological polar surface area (TPSA) is 50.8 Å². The zero-order valence-electron chi connectivity index (χ0n) is 9.72. The highest BCUT2D eigenvalue weighted by Crippen LogP contribution is 2.14. The van der Waals surface area contributed by atoms with Crippen LogP contribution in [0.25, 0.3) is 0 Å². The Balaban J connectivity index is 1.61. The maximum Gasteiger partial charge on any atom is 0.208 e. The van der Waals surface area contributed by atoms with Gasteiger partial charge in [-0.3, -0.25) is 5.10 Å². The Bertz CT molecular complexity index is 444. The van der Waals surface area contributed by atoms with Crippen LogP contribution in [-0.4, -0.2) is 27.5 Å². The minimum Gasteiger partial charge on any atom is -0.494 e. The third-order valence-electron chi connectivity index (χ3n) is 2.11. The van der Waals surface area contributed by atoms with Crippen molar-refractivity contribution in [3.8, 4) is 5.75 Å². The standard InChI is InChI=1S/C12H15N3OS/c1-10-13-12(15-14-10)17-9-5-8-16-11-6-3-2-4-7-11/h2-4,6-7H,5,8-9H2,1H3,(H,13,14,15). The molecule has 1 N–H and O–H groups in total. The monoisotopic (exact) mass is 249 g/mol. The average molecular weight is 249 g/mol. The molecule has 0 aliphatic heterocycles. The van der Waals surface area contributed by atoms with E-state index in [9.17, 15) is 0 Å². The molecular weight excluding hydrogens is 234 g/mol. The van der Waals surface area contributed by atoms with Gasteiger partial charge in [-0.1, -0.05) is 30.0 Å². The summed E-state index contributed by atoms with van der Waals surface area (Å²) in [4.78, 5) is 4.22. The van der Waals surface area contributed by atoms with Gasteiger partial charge in [0.1, 0.15) is 11.6 Å². The van der Waals surface area contributed by atoms with Crippen LogP contribution in [0, 0.1) is 6.92 Å². The number of ether oxygens (including phenoxy) is 1. The Hall–Kier alpha value is -1.49. The van der Waals surface area contributed by atoms with E-state index in [2.05, 4.69) is 15.2 Å². The van der Waals surface area contributed by atoms with Gasteiger partial charge in [0, 0.05) is 5.75 Å². The summed E-state index contributed by atoms with van der Waals surface area (Å²) in [5, 5.41) is 7.69. The number of benzene rings is 1. The molecule has 0 saturated carbocycles. The number of hydrogen-bond donors (Lipinski definition) is 1. The lowest BCUT2D eigenvalue weighted by atomic mass is 10.3. The van der Waals surface area contributed by atoms with Crippen molar-refractivity contribution in [3.05, 3.63) is 36.2 Å². The van der Waals surface area contributed by atoms with E-state index in [-0.39, 0.29) is 0 Å². The van der Waals surface area contributed by atoms with E-state index in [1.165, 1.54) is 0 Å². The van der Waals surface area contributed by atoms with Crippen LogP contribution in [-0.2, 0) is 0 Å². The fourth-order valence-electron chi connectivity index (χ4n) is 1.32. The molecule has 0 unspecified atom stereocenters. The largest absolute Gasteiger partial charge is 0.494 e. The first-order chi connectivity index (χ1) is 8.34. The summed E-state index contributed by atoms with van der Waals surface area (Å²) in [6.45, 7) is 2.62. The van der Waals surface area contributed by atoms with E-state index < -0.39 is 0 Å². The van der Waals surface area contributed by atoms with E-state index in [1.54, 1.807) is 11.8 Å². The van der Waals surface area contributed by atoms with E-state index in [0.29, 0.717) is 0 Å². The third-order valence-corrected chi connectivity index (χ3v) is 3.04. The molecule has 0 radical (unpaired) electrons. The smallest absolute Gasteiger partial charge is 0.208 e. The van der Waals surface area contributed by atoms with Crippen LogP contribution >= 0.6 is 11.8 Å². The van der Waals surface area contributed by atoms with Crippen LogP contribution in [0.2, 0.25) is 0 Å². The lowest BCUT2D eigenvalue weighted by Gasteiger charge is -2.04. The van der Waals surface area contributed by atoms with Crippen molar-refractivity contribution in [3.63, 3.8) is 0 Å². The fraction of sp³-hybridized carbons (Fsp3) is 0.333. The second-order valence-corrected chi connectivity index (χ2v) is 4.63. The first kappa shape index (κ1) is 12.0. The predicted molar refractivity (Wildman–Crippen MR) is 68.4 cm³/mol. The van der Waals surface area contributed by atoms with Crippen molar-refractivity contribution < 1.29 is 4.74 Å². The molecule has 0 aliphatic carbocycles. The van der Waals surface area contributed by atoms with Crippen molar-refractivity contribution in [1.29, 1.82) is 0 Å². The maximum atomic E-state index is 5.59. The second kappa shape index (κ2) is 6.30. The number of H-pyrrole nitrogens is 1. The highest BCUT2D eigenvalue weighted by atomic mass is 32.2. The Morgan fingerprint density at radius 2 is 2.12 bits per heavy atom. The number of aromatic nitrogens is 3. The molecular formula is C12H15N3OS. The number of nitrogens with zero attached hydrogens (tertiary/aromatic N) is 2. The number of nitrogens with one attached hydrogen (secondary N) is 1. The van der Waals surface area contributed by atoms with Crippen LogP contribution in [0.3, 0.4) is 0 Å². The summed E-state index contributed by atoms with van der Waals surface area (Å²) < 4.78 is 5.59. The molecule has 0 spiro atoms. The minimum absolute atomic E-state index is 0.723. The predicted octanol–water partition coefficient (Wildman–Crippen LogP) is 2.67. The van der Waals surface area contributed by atoms with Crippen molar-refractivity contribution in [2.45, 2.75) is 18.5 Å². The van der Waals surface area contributed by atoms with Gasteiger partial charge in [-0.05, 0) is 25.5 Å². The molecule has 17 heavy (non-hydrogen) atoms. The van der Waals surface area contributed by atoms with Crippen molar-refractivity contribution >= 4 is 11.8 Å². The lowest BCUT2D eigenvalue weighted by molar-refractivity contribution is 0.318. The summed E-state index contributed by atoms with van der Waals surface area (Å²) >= 11 is 1.64. The van der Waals surface area contributed by atoms with Crippen LogP contribution in [0.1, 0.15) is 12.2 Å². The SMILES string of the molecule is Cc1nc(SCCCOc2ccccc2)n[nH]1. The number of aromatic amines is 1. The van der Waals surface area contributed by atoms with Gasteiger partial charge < -0.3 is 4.74 Å². The number of aryl methyl sites for hydroxylation is 1. The van der Waals surface area contributed by atoms with Crippen LogP contribution < -0.4 is 4.74 Å². The molecule has 0 bridgehead atoms. The van der Waals surface area contributed by atoms with Gasteiger partial charge in [-0.25, -0.2) is 4.98 Å². The van der Waals surface area contributed by atoms with Gasteiger partial charge in [-0.2, -0.15) is 0 Å². The Labute approximate surface area is 105 Å². The second-order valence-electron chi connectivity index (χ2n) is 3.57. The molecule has 2 rings (SSSR count). The molecule has 0 fully saturated rings. The van der Waals surface area contributed by atoms with Gasteiger partial charge in [0.25, 0.3) is 0 Å². The summed E-state index contributed by atoms with van der Waals surface area (Å²) in [7, 11) is 0. The summed E-state index contributed by atoms with van der Waals surface area (Å²) in [5.74, 6) is 2.74. The molecule has 1 aromatic carbocycles. The number of para-hydroxylation sites is 1. The Morgan fingerprint density at radius 3 is 2.82 bits per heavy atom. The van der Waals surface area contributed by atoms with Gasteiger partial charge in [0.15, 0.2) is 0 Å². The molecule has 0 amide bonds. The highest BCUT2D eigenvalue weighted by Gasteiger charge is 2.00. The van der Waals surface area contributed by atoms with Gasteiger partial charge in [0.05, 0.1) is 6.61 Å². The number of hydrogen-bond acceptors (Lipinski definition) is 4. The lowest BCUT2D eigenvalue weighted by Crippen LogP contribution is -1.98. The van der Waals surface area contributed by atoms with E-state index >= 15 is 0 Å². The van der Waals surface area contributed by atoms with Crippen molar-refractivity contribution in [2.75, 3.05) is 12.4 Å². The molecule has 0 atom stereocenters. The molecule has 5 heteroatoms. The maximum absolute atomic E-state index is 5.59. The van der Waals surface area contributed by atoms with Gasteiger partial charge in [-0.15, -0.1) is 5.10 Å². The quantitative estimate of drug-likeness (QED) is 0.631. The normalized spacial score (nSPS) is 10.4. The zero-order chi connectivity index (χ0) is 11.9. The number of rotatable bonds is 6. The fourth-order valence-corrected chi connectivity index (χ4v) is 2.07. The van der Waals surface area contributed by atoms with Crippen LogP contribution in [0.5, 0.6) is 5.75 Å². The van der Waals surface area contributed by atoms with Crippen molar-refractivity contribution in [1.82, 2.24) is 15.2 Å². The third kappa shape index (κ3) is 4.11. The molecule has 4 nitrogen and oxygen atoms in total. The van der Waals surface area contributed by atoms with Crippen LogP contribution in [0.4, 0.5) is 0 Å². The molecule has 1 aromatic heterocycles. The van der Waals surface area contributed by atoms with E-state index in [4.69, 9.17) is 4.74 Å².